The van der Waals surface area contributed by atoms with Crippen LogP contribution in [0.25, 0.3) is 0 Å². The van der Waals surface area contributed by atoms with Gasteiger partial charge in [-0.3, -0.25) is 25.2 Å². The van der Waals surface area contributed by atoms with Gasteiger partial charge in [0.25, 0.3) is 17.7 Å². The predicted octanol–water partition coefficient (Wildman–Crippen LogP) is 4.44. The second-order valence-corrected chi connectivity index (χ2v) is 7.86. The summed E-state index contributed by atoms with van der Waals surface area (Å²) in [6.07, 6.45) is 0.918. The summed E-state index contributed by atoms with van der Waals surface area (Å²) in [5, 5.41) is 2.77. The Morgan fingerprint density at radius 3 is 2.00 bits per heavy atom. The molecule has 3 N–H and O–H groups in total. The average molecular weight is 446 g/mol. The highest BCUT2D eigenvalue weighted by Gasteiger charge is 2.11. The van der Waals surface area contributed by atoms with Gasteiger partial charge in [-0.1, -0.05) is 38.1 Å². The summed E-state index contributed by atoms with van der Waals surface area (Å²) in [5.74, 6) is -0.0443. The lowest BCUT2D eigenvalue weighted by atomic mass is 10.1. The lowest BCUT2D eigenvalue weighted by Crippen LogP contribution is -2.41. The van der Waals surface area contributed by atoms with Crippen LogP contribution < -0.4 is 20.9 Å². The molecule has 0 radical (unpaired) electrons. The Balaban J connectivity index is 1.51. The zero-order valence-electron chi connectivity index (χ0n) is 18.6. The first kappa shape index (κ1) is 23.5. The number of benzene rings is 3. The molecule has 0 saturated heterocycles. The maximum atomic E-state index is 12.4. The van der Waals surface area contributed by atoms with Crippen molar-refractivity contribution >= 4 is 23.4 Å². The fourth-order valence-corrected chi connectivity index (χ4v) is 2.90. The third-order valence-corrected chi connectivity index (χ3v) is 4.79. The highest BCUT2D eigenvalue weighted by molar-refractivity contribution is 6.04. The molecular weight excluding hydrogens is 418 g/mol. The molecule has 0 bridgehead atoms. The molecule has 0 aromatic heterocycles. The molecular formula is C26H27N3O4. The number of hydrogen-bond donors (Lipinski definition) is 3. The molecule has 0 aliphatic rings. The van der Waals surface area contributed by atoms with Crippen LogP contribution in [-0.4, -0.2) is 24.3 Å². The van der Waals surface area contributed by atoms with Crippen molar-refractivity contribution in [3.63, 3.8) is 0 Å². The van der Waals surface area contributed by atoms with Crippen molar-refractivity contribution in [1.29, 1.82) is 0 Å². The number of hydrogen-bond acceptors (Lipinski definition) is 4. The van der Waals surface area contributed by atoms with Gasteiger partial charge in [0.15, 0.2) is 0 Å². The monoisotopic (exact) mass is 445 g/mol. The molecule has 0 aliphatic heterocycles. The summed E-state index contributed by atoms with van der Waals surface area (Å²) in [6, 6.07) is 22.0. The van der Waals surface area contributed by atoms with Crippen LogP contribution in [0.2, 0.25) is 0 Å². The van der Waals surface area contributed by atoms with Crippen molar-refractivity contribution in [2.75, 3.05) is 11.9 Å². The number of carbonyl (C=O) groups is 3. The Kier molecular flexibility index (Phi) is 8.18. The van der Waals surface area contributed by atoms with Crippen molar-refractivity contribution < 1.29 is 19.1 Å². The van der Waals surface area contributed by atoms with Crippen LogP contribution in [0.1, 0.15) is 51.3 Å². The minimum Gasteiger partial charge on any atom is -0.494 e. The van der Waals surface area contributed by atoms with Crippen molar-refractivity contribution in [3.05, 3.63) is 95.6 Å². The van der Waals surface area contributed by atoms with E-state index in [1.54, 1.807) is 72.8 Å². The second kappa shape index (κ2) is 11.5. The molecule has 0 spiro atoms. The van der Waals surface area contributed by atoms with Crippen LogP contribution in [0.5, 0.6) is 5.75 Å². The van der Waals surface area contributed by atoms with E-state index in [1.807, 2.05) is 6.07 Å². The van der Waals surface area contributed by atoms with Crippen molar-refractivity contribution in [2.24, 2.45) is 5.92 Å². The van der Waals surface area contributed by atoms with Crippen molar-refractivity contribution in [3.8, 4) is 5.75 Å². The second-order valence-electron chi connectivity index (χ2n) is 7.86. The molecule has 3 amide bonds. The zero-order valence-corrected chi connectivity index (χ0v) is 18.6. The lowest BCUT2D eigenvalue weighted by molar-refractivity contribution is 0.0846. The van der Waals surface area contributed by atoms with Gasteiger partial charge in [0, 0.05) is 22.4 Å². The van der Waals surface area contributed by atoms with Gasteiger partial charge in [0.1, 0.15) is 5.75 Å². The Hall–Kier alpha value is -4.13. The normalized spacial score (nSPS) is 10.4. The Bertz CT molecular complexity index is 1100. The van der Waals surface area contributed by atoms with E-state index >= 15 is 0 Å². The molecule has 170 valence electrons. The summed E-state index contributed by atoms with van der Waals surface area (Å²) in [7, 11) is 0. The lowest BCUT2D eigenvalue weighted by Gasteiger charge is -2.11. The Labute approximate surface area is 193 Å². The topological polar surface area (TPSA) is 96.5 Å². The van der Waals surface area contributed by atoms with Gasteiger partial charge in [-0.15, -0.1) is 0 Å². The van der Waals surface area contributed by atoms with E-state index in [0.29, 0.717) is 40.7 Å². The predicted molar refractivity (Wildman–Crippen MR) is 127 cm³/mol. The van der Waals surface area contributed by atoms with Crippen LogP contribution in [0.4, 0.5) is 5.69 Å². The standard InChI is InChI=1S/C26H27N3O4/c1-18(2)15-16-33-23-10-6-9-21(17-23)26(32)29-28-25(31)20-11-13-22(14-12-20)27-24(30)19-7-4-3-5-8-19/h3-14,17-18H,15-16H2,1-2H3,(H,27,30)(H,28,31)(H,29,32). The molecule has 0 fully saturated rings. The molecule has 0 aliphatic carbocycles. The summed E-state index contributed by atoms with van der Waals surface area (Å²) < 4.78 is 5.67. The number of hydrazine groups is 1. The molecule has 0 heterocycles. The van der Waals surface area contributed by atoms with Crippen LogP contribution in [0.15, 0.2) is 78.9 Å². The highest BCUT2D eigenvalue weighted by atomic mass is 16.5. The van der Waals surface area contributed by atoms with E-state index in [9.17, 15) is 14.4 Å². The SMILES string of the molecule is CC(C)CCOc1cccc(C(=O)NNC(=O)c2ccc(NC(=O)c3ccccc3)cc2)c1. The fourth-order valence-electron chi connectivity index (χ4n) is 2.90. The van der Waals surface area contributed by atoms with Gasteiger partial charge in [0.05, 0.1) is 6.61 Å². The molecule has 3 aromatic carbocycles. The maximum absolute atomic E-state index is 12.4. The van der Waals surface area contributed by atoms with E-state index in [4.69, 9.17) is 4.74 Å². The number of nitrogens with one attached hydrogen (secondary N) is 3. The highest BCUT2D eigenvalue weighted by Crippen LogP contribution is 2.15. The minimum atomic E-state index is -0.478. The molecule has 0 atom stereocenters. The first-order valence-electron chi connectivity index (χ1n) is 10.7. The smallest absolute Gasteiger partial charge is 0.269 e. The van der Waals surface area contributed by atoms with Crippen molar-refractivity contribution in [1.82, 2.24) is 10.9 Å². The van der Waals surface area contributed by atoms with E-state index < -0.39 is 11.8 Å². The molecule has 3 aromatic rings. The third-order valence-electron chi connectivity index (χ3n) is 4.79. The van der Waals surface area contributed by atoms with E-state index in [-0.39, 0.29) is 5.91 Å². The molecule has 0 saturated carbocycles. The average Bonchev–Trinajstić information content (AvgIpc) is 2.83. The van der Waals surface area contributed by atoms with Gasteiger partial charge in [-0.25, -0.2) is 0 Å². The van der Waals surface area contributed by atoms with Gasteiger partial charge in [-0.05, 0) is 66.9 Å². The molecule has 7 nitrogen and oxygen atoms in total. The van der Waals surface area contributed by atoms with Crippen LogP contribution in [0.3, 0.4) is 0 Å². The van der Waals surface area contributed by atoms with Gasteiger partial charge in [-0.2, -0.15) is 0 Å². The number of carbonyl (C=O) groups excluding carboxylic acids is 3. The van der Waals surface area contributed by atoms with E-state index in [0.717, 1.165) is 6.42 Å². The quantitative estimate of drug-likeness (QED) is 0.447. The minimum absolute atomic E-state index is 0.240. The summed E-state index contributed by atoms with van der Waals surface area (Å²) in [5.41, 5.74) is 6.59. The third kappa shape index (κ3) is 7.21. The Morgan fingerprint density at radius 2 is 1.33 bits per heavy atom. The van der Waals surface area contributed by atoms with Crippen molar-refractivity contribution in [2.45, 2.75) is 20.3 Å². The fraction of sp³-hybridized carbons (Fsp3) is 0.192. The largest absolute Gasteiger partial charge is 0.494 e. The van der Waals surface area contributed by atoms with E-state index in [2.05, 4.69) is 30.0 Å². The summed E-state index contributed by atoms with van der Waals surface area (Å²) in [6.45, 7) is 4.80. The van der Waals surface area contributed by atoms with Crippen LogP contribution >= 0.6 is 0 Å². The van der Waals surface area contributed by atoms with Crippen LogP contribution in [0, 0.1) is 5.92 Å². The van der Waals surface area contributed by atoms with Crippen LogP contribution in [-0.2, 0) is 0 Å². The first-order chi connectivity index (χ1) is 15.9. The Morgan fingerprint density at radius 1 is 0.727 bits per heavy atom. The molecule has 7 heteroatoms. The molecule has 33 heavy (non-hydrogen) atoms. The van der Waals surface area contributed by atoms with Gasteiger partial charge >= 0.3 is 0 Å². The number of rotatable bonds is 8. The molecule has 0 unspecified atom stereocenters. The number of anilines is 1. The first-order valence-corrected chi connectivity index (χ1v) is 10.7. The van der Waals surface area contributed by atoms with E-state index in [1.165, 1.54) is 0 Å². The zero-order chi connectivity index (χ0) is 23.6. The molecule has 3 rings (SSSR count). The number of ether oxygens (including phenoxy) is 1. The summed E-state index contributed by atoms with van der Waals surface area (Å²) >= 11 is 0. The number of amides is 3. The van der Waals surface area contributed by atoms with Gasteiger partial charge in [0.2, 0.25) is 0 Å². The maximum Gasteiger partial charge on any atom is 0.269 e. The summed E-state index contributed by atoms with van der Waals surface area (Å²) in [4.78, 5) is 37.0. The van der Waals surface area contributed by atoms with Gasteiger partial charge < -0.3 is 10.1 Å².